The summed E-state index contributed by atoms with van der Waals surface area (Å²) in [6, 6.07) is 10.1. The zero-order valence-corrected chi connectivity index (χ0v) is 13.4. The van der Waals surface area contributed by atoms with E-state index in [0.29, 0.717) is 0 Å². The maximum Gasteiger partial charge on any atom is 0.145 e. The van der Waals surface area contributed by atoms with Crippen molar-refractivity contribution >= 4 is 0 Å². The molecule has 3 rings (SSSR count). The smallest absolute Gasteiger partial charge is 0.145 e. The van der Waals surface area contributed by atoms with Crippen molar-refractivity contribution in [2.75, 3.05) is 20.2 Å². The van der Waals surface area contributed by atoms with Crippen LogP contribution in [0.5, 0.6) is 11.5 Å². The maximum atomic E-state index is 5.86. The van der Waals surface area contributed by atoms with Gasteiger partial charge in [0.2, 0.25) is 0 Å². The van der Waals surface area contributed by atoms with Gasteiger partial charge < -0.3 is 9.47 Å². The molecule has 0 amide bonds. The van der Waals surface area contributed by atoms with Crippen LogP contribution in [-0.4, -0.2) is 35.7 Å². The highest BCUT2D eigenvalue weighted by atomic mass is 16.5. The van der Waals surface area contributed by atoms with Crippen LogP contribution in [0.3, 0.4) is 0 Å². The summed E-state index contributed by atoms with van der Waals surface area (Å²) in [6.07, 6.45) is 3.46. The van der Waals surface area contributed by atoms with E-state index < -0.39 is 0 Å². The highest BCUT2D eigenvalue weighted by molar-refractivity contribution is 5.39. The normalized spacial score (nSPS) is 17.0. The lowest BCUT2D eigenvalue weighted by Crippen LogP contribution is -2.60. The van der Waals surface area contributed by atoms with Gasteiger partial charge in [0.05, 0.1) is 11.8 Å². The zero-order valence-electron chi connectivity index (χ0n) is 13.4. The minimum Gasteiger partial charge on any atom is -0.455 e. The predicted molar refractivity (Wildman–Crippen MR) is 86.2 cm³/mol. The molecule has 0 radical (unpaired) electrons. The van der Waals surface area contributed by atoms with E-state index in [-0.39, 0.29) is 5.60 Å². The molecular formula is C18H22N2O2. The molecular weight excluding hydrogens is 276 g/mol. The lowest BCUT2D eigenvalue weighted by Gasteiger charge is -2.47. The summed E-state index contributed by atoms with van der Waals surface area (Å²) in [5.41, 5.74) is 2.46. The Morgan fingerprint density at radius 1 is 1.27 bits per heavy atom. The van der Waals surface area contributed by atoms with Crippen LogP contribution in [0.1, 0.15) is 18.1 Å². The standard InChI is InChI=1S/C18H22N2O2/c1-14-9-15(11-20-12-18(2,13-20)21-3)6-7-17(14)22-16-5-4-8-19-10-16/h4-10H,11-13H2,1-3H3. The summed E-state index contributed by atoms with van der Waals surface area (Å²) in [5.74, 6) is 1.64. The van der Waals surface area contributed by atoms with Crippen LogP contribution in [0.2, 0.25) is 0 Å². The lowest BCUT2D eigenvalue weighted by molar-refractivity contribution is -0.114. The van der Waals surface area contributed by atoms with Crippen molar-refractivity contribution in [2.45, 2.75) is 26.0 Å². The van der Waals surface area contributed by atoms with Crippen LogP contribution in [0, 0.1) is 6.92 Å². The third kappa shape index (κ3) is 3.29. The number of benzene rings is 1. The number of ether oxygens (including phenoxy) is 2. The molecule has 0 N–H and O–H groups in total. The van der Waals surface area contributed by atoms with Gasteiger partial charge in [0.25, 0.3) is 0 Å². The minimum absolute atomic E-state index is 0.0262. The third-order valence-corrected chi connectivity index (χ3v) is 4.12. The van der Waals surface area contributed by atoms with Gasteiger partial charge in [-0.05, 0) is 43.2 Å². The van der Waals surface area contributed by atoms with E-state index in [4.69, 9.17) is 9.47 Å². The number of methoxy groups -OCH3 is 1. The van der Waals surface area contributed by atoms with Crippen LogP contribution in [-0.2, 0) is 11.3 Å². The average Bonchev–Trinajstić information content (AvgIpc) is 2.49. The minimum atomic E-state index is 0.0262. The Bertz CT molecular complexity index is 637. The second-order valence-corrected chi connectivity index (χ2v) is 6.19. The first-order chi connectivity index (χ1) is 10.6. The topological polar surface area (TPSA) is 34.6 Å². The number of likely N-dealkylation sites (tertiary alicyclic amines) is 1. The Kier molecular flexibility index (Phi) is 4.14. The molecule has 1 aromatic carbocycles. The van der Waals surface area contributed by atoms with Crippen molar-refractivity contribution in [3.63, 3.8) is 0 Å². The quantitative estimate of drug-likeness (QED) is 0.847. The van der Waals surface area contributed by atoms with Crippen LogP contribution in [0.4, 0.5) is 0 Å². The molecule has 1 aromatic heterocycles. The molecule has 4 heteroatoms. The van der Waals surface area contributed by atoms with Crippen LogP contribution in [0.15, 0.2) is 42.7 Å². The van der Waals surface area contributed by atoms with Gasteiger partial charge in [-0.25, -0.2) is 0 Å². The monoisotopic (exact) mass is 298 g/mol. The molecule has 0 atom stereocenters. The zero-order chi connectivity index (χ0) is 15.6. The molecule has 1 aliphatic heterocycles. The summed E-state index contributed by atoms with van der Waals surface area (Å²) in [5, 5.41) is 0. The Morgan fingerprint density at radius 2 is 2.09 bits per heavy atom. The van der Waals surface area contributed by atoms with E-state index in [1.54, 1.807) is 19.5 Å². The molecule has 1 fully saturated rings. The van der Waals surface area contributed by atoms with Gasteiger partial charge in [0.15, 0.2) is 0 Å². The van der Waals surface area contributed by atoms with Crippen molar-refractivity contribution in [2.24, 2.45) is 0 Å². The highest BCUT2D eigenvalue weighted by Gasteiger charge is 2.38. The van der Waals surface area contributed by atoms with E-state index in [0.717, 1.165) is 36.7 Å². The number of pyridine rings is 1. The van der Waals surface area contributed by atoms with Crippen molar-refractivity contribution in [3.05, 3.63) is 53.9 Å². The van der Waals surface area contributed by atoms with Gasteiger partial charge in [-0.15, -0.1) is 0 Å². The first kappa shape index (κ1) is 15.0. The van der Waals surface area contributed by atoms with Crippen molar-refractivity contribution < 1.29 is 9.47 Å². The molecule has 1 saturated heterocycles. The number of nitrogens with zero attached hydrogens (tertiary/aromatic N) is 2. The summed E-state index contributed by atoms with van der Waals surface area (Å²) < 4.78 is 11.3. The Hall–Kier alpha value is -1.91. The van der Waals surface area contributed by atoms with Crippen molar-refractivity contribution in [3.8, 4) is 11.5 Å². The molecule has 22 heavy (non-hydrogen) atoms. The molecule has 1 aliphatic rings. The van der Waals surface area contributed by atoms with E-state index in [9.17, 15) is 0 Å². The molecule has 4 nitrogen and oxygen atoms in total. The summed E-state index contributed by atoms with van der Waals surface area (Å²) in [7, 11) is 1.78. The highest BCUT2D eigenvalue weighted by Crippen LogP contribution is 2.28. The lowest BCUT2D eigenvalue weighted by atomic mass is 9.95. The summed E-state index contributed by atoms with van der Waals surface area (Å²) in [4.78, 5) is 6.45. The van der Waals surface area contributed by atoms with E-state index in [1.165, 1.54) is 5.56 Å². The molecule has 0 spiro atoms. The molecule has 116 valence electrons. The van der Waals surface area contributed by atoms with Crippen LogP contribution in [0.25, 0.3) is 0 Å². The van der Waals surface area contributed by atoms with Crippen molar-refractivity contribution in [1.82, 2.24) is 9.88 Å². The van der Waals surface area contributed by atoms with Crippen LogP contribution >= 0.6 is 0 Å². The Balaban J connectivity index is 1.63. The fourth-order valence-corrected chi connectivity index (χ4v) is 2.86. The largest absolute Gasteiger partial charge is 0.455 e. The number of hydrogen-bond acceptors (Lipinski definition) is 4. The fraction of sp³-hybridized carbons (Fsp3) is 0.389. The fourth-order valence-electron chi connectivity index (χ4n) is 2.86. The first-order valence-corrected chi connectivity index (χ1v) is 7.53. The van der Waals surface area contributed by atoms with E-state index in [2.05, 4.69) is 35.9 Å². The number of rotatable bonds is 5. The number of aryl methyl sites for hydroxylation is 1. The first-order valence-electron chi connectivity index (χ1n) is 7.53. The van der Waals surface area contributed by atoms with Gasteiger partial charge in [0.1, 0.15) is 11.5 Å². The van der Waals surface area contributed by atoms with Gasteiger partial charge >= 0.3 is 0 Å². The number of hydrogen-bond donors (Lipinski definition) is 0. The molecule has 0 unspecified atom stereocenters. The Labute approximate surface area is 131 Å². The molecule has 0 aliphatic carbocycles. The van der Waals surface area contributed by atoms with Crippen molar-refractivity contribution in [1.29, 1.82) is 0 Å². The van der Waals surface area contributed by atoms with Gasteiger partial charge in [-0.3, -0.25) is 9.88 Å². The molecule has 0 saturated carbocycles. The summed E-state index contributed by atoms with van der Waals surface area (Å²) in [6.45, 7) is 7.14. The molecule has 2 aromatic rings. The predicted octanol–water partition coefficient (Wildman–Crippen LogP) is 3.40. The van der Waals surface area contributed by atoms with E-state index >= 15 is 0 Å². The molecule has 0 bridgehead atoms. The second kappa shape index (κ2) is 6.07. The van der Waals surface area contributed by atoms with Gasteiger partial charge in [-0.1, -0.05) is 12.1 Å². The van der Waals surface area contributed by atoms with Gasteiger partial charge in [-0.2, -0.15) is 0 Å². The third-order valence-electron chi connectivity index (χ3n) is 4.12. The van der Waals surface area contributed by atoms with E-state index in [1.807, 2.05) is 18.2 Å². The number of aromatic nitrogens is 1. The molecule has 2 heterocycles. The van der Waals surface area contributed by atoms with Crippen LogP contribution < -0.4 is 4.74 Å². The maximum absolute atomic E-state index is 5.86. The van der Waals surface area contributed by atoms with Gasteiger partial charge in [0, 0.05) is 32.9 Å². The second-order valence-electron chi connectivity index (χ2n) is 6.19. The average molecular weight is 298 g/mol. The Morgan fingerprint density at radius 3 is 2.73 bits per heavy atom. The summed E-state index contributed by atoms with van der Waals surface area (Å²) >= 11 is 0. The SMILES string of the molecule is COC1(C)CN(Cc2ccc(Oc3cccnc3)c(C)c2)C1.